The highest BCUT2D eigenvalue weighted by Crippen LogP contribution is 2.40. The molecular weight excluding hydrogens is 586 g/mol. The fourth-order valence-electron chi connectivity index (χ4n) is 5.81. The van der Waals surface area contributed by atoms with E-state index in [9.17, 15) is 19.5 Å². The average Bonchev–Trinajstić information content (AvgIpc) is 3.35. The van der Waals surface area contributed by atoms with Gasteiger partial charge in [-0.25, -0.2) is 0 Å². The number of aryl methyl sites for hydroxylation is 2. The molecule has 45 heavy (non-hydrogen) atoms. The van der Waals surface area contributed by atoms with Crippen molar-refractivity contribution in [1.82, 2.24) is 10.2 Å². The Kier molecular flexibility index (Phi) is 9.80. The molecule has 5 rings (SSSR count). The average molecular weight is 626 g/mol. The van der Waals surface area contributed by atoms with Gasteiger partial charge in [0.05, 0.1) is 11.9 Å². The van der Waals surface area contributed by atoms with Crippen LogP contribution >= 0.6 is 11.8 Å². The molecule has 0 aliphatic carbocycles. The smallest absolute Gasteiger partial charge is 0.258 e. The van der Waals surface area contributed by atoms with E-state index in [1.807, 2.05) is 119 Å². The van der Waals surface area contributed by atoms with Gasteiger partial charge in [-0.2, -0.15) is 0 Å². The van der Waals surface area contributed by atoms with Crippen LogP contribution < -0.4 is 15.4 Å². The fourth-order valence-corrected chi connectivity index (χ4v) is 6.95. The standard InChI is InChI=1S/C36H39N3O5S/c1-23-12-10-13-24(2)32(23)44-21-30(40)37-29(20-25-14-6-5-7-15-25)31(41)35(43)39-22-45-36(3,4)33(39)34(42)38-28-19-11-17-26-16-8-9-18-27(26)28/h5-19,29,31,33,41H,20-22H2,1-4H3,(H,37,40)(H,38,42)/t29-,31-,33-/m0/s1. The Morgan fingerprint density at radius 1 is 0.933 bits per heavy atom. The number of ether oxygens (including phenoxy) is 1. The van der Waals surface area contributed by atoms with Crippen molar-refractivity contribution in [2.45, 2.75) is 57.1 Å². The Morgan fingerprint density at radius 3 is 2.31 bits per heavy atom. The number of nitrogens with zero attached hydrogens (tertiary/aromatic N) is 1. The lowest BCUT2D eigenvalue weighted by atomic mass is 9.97. The van der Waals surface area contributed by atoms with Crippen LogP contribution in [0.25, 0.3) is 10.8 Å². The molecule has 0 spiro atoms. The van der Waals surface area contributed by atoms with E-state index in [-0.39, 0.29) is 24.8 Å². The molecule has 1 aliphatic rings. The summed E-state index contributed by atoms with van der Waals surface area (Å²) in [5.74, 6) is -0.583. The maximum atomic E-state index is 14.0. The fraction of sp³-hybridized carbons (Fsp3) is 0.306. The van der Waals surface area contributed by atoms with E-state index >= 15 is 0 Å². The van der Waals surface area contributed by atoms with E-state index in [2.05, 4.69) is 10.6 Å². The van der Waals surface area contributed by atoms with Crippen molar-refractivity contribution >= 4 is 45.9 Å². The van der Waals surface area contributed by atoms with E-state index in [1.54, 1.807) is 0 Å². The quantitative estimate of drug-likeness (QED) is 0.223. The lowest BCUT2D eigenvalue weighted by molar-refractivity contribution is -0.146. The lowest BCUT2D eigenvalue weighted by Gasteiger charge is -2.33. The zero-order chi connectivity index (χ0) is 32.1. The number of nitrogens with one attached hydrogen (secondary N) is 2. The van der Waals surface area contributed by atoms with Crippen LogP contribution in [0.5, 0.6) is 5.75 Å². The number of anilines is 1. The van der Waals surface area contributed by atoms with Gasteiger partial charge in [-0.05, 0) is 62.3 Å². The molecule has 0 radical (unpaired) electrons. The van der Waals surface area contributed by atoms with Crippen molar-refractivity contribution in [2.75, 3.05) is 17.8 Å². The van der Waals surface area contributed by atoms with Crippen molar-refractivity contribution in [3.8, 4) is 5.75 Å². The molecule has 0 bridgehead atoms. The van der Waals surface area contributed by atoms with Crippen molar-refractivity contribution in [2.24, 2.45) is 0 Å². The molecule has 3 amide bonds. The number of benzene rings is 4. The predicted molar refractivity (Wildman–Crippen MR) is 179 cm³/mol. The molecule has 1 heterocycles. The largest absolute Gasteiger partial charge is 0.483 e. The molecule has 3 N–H and O–H groups in total. The van der Waals surface area contributed by atoms with Crippen molar-refractivity contribution in [3.63, 3.8) is 0 Å². The summed E-state index contributed by atoms with van der Waals surface area (Å²) in [6.07, 6.45) is -1.39. The minimum Gasteiger partial charge on any atom is -0.483 e. The van der Waals surface area contributed by atoms with E-state index < -0.39 is 34.7 Å². The van der Waals surface area contributed by atoms with E-state index in [4.69, 9.17) is 4.74 Å². The van der Waals surface area contributed by atoms with Gasteiger partial charge in [0, 0.05) is 15.8 Å². The van der Waals surface area contributed by atoms with Gasteiger partial charge in [0.1, 0.15) is 11.8 Å². The Labute approximate surface area is 268 Å². The second-order valence-electron chi connectivity index (χ2n) is 11.9. The van der Waals surface area contributed by atoms with Crippen LogP contribution in [0.15, 0.2) is 91.0 Å². The molecule has 4 aromatic rings. The van der Waals surface area contributed by atoms with E-state index in [0.29, 0.717) is 11.4 Å². The van der Waals surface area contributed by atoms with Crippen LogP contribution in [-0.4, -0.2) is 63.1 Å². The van der Waals surface area contributed by atoms with Crippen LogP contribution in [-0.2, 0) is 20.8 Å². The van der Waals surface area contributed by atoms with Crippen LogP contribution in [0.2, 0.25) is 0 Å². The van der Waals surface area contributed by atoms with Crippen LogP contribution in [0.4, 0.5) is 5.69 Å². The highest BCUT2D eigenvalue weighted by molar-refractivity contribution is 8.00. The molecule has 0 unspecified atom stereocenters. The zero-order valence-corrected chi connectivity index (χ0v) is 26.8. The minimum absolute atomic E-state index is 0.208. The summed E-state index contributed by atoms with van der Waals surface area (Å²) in [4.78, 5) is 42.4. The normalized spacial score (nSPS) is 17.0. The number of hydrogen-bond donors (Lipinski definition) is 3. The summed E-state index contributed by atoms with van der Waals surface area (Å²) >= 11 is 1.47. The number of fused-ring (bicyclic) bond motifs is 1. The van der Waals surface area contributed by atoms with Crippen LogP contribution in [0.1, 0.15) is 30.5 Å². The molecule has 4 aromatic carbocycles. The SMILES string of the molecule is Cc1cccc(C)c1OCC(=O)N[C@@H](Cc1ccccc1)[C@H](O)C(=O)N1CSC(C)(C)[C@@H]1C(=O)Nc1cccc2ccccc12. The molecule has 3 atom stereocenters. The summed E-state index contributed by atoms with van der Waals surface area (Å²) in [6.45, 7) is 7.37. The molecular formula is C36H39N3O5S. The van der Waals surface area contributed by atoms with Gasteiger partial charge in [-0.1, -0.05) is 84.9 Å². The molecule has 9 heteroatoms. The maximum absolute atomic E-state index is 14.0. The Hall–Kier alpha value is -4.34. The highest BCUT2D eigenvalue weighted by Gasteiger charge is 2.50. The van der Waals surface area contributed by atoms with E-state index in [1.165, 1.54) is 16.7 Å². The summed E-state index contributed by atoms with van der Waals surface area (Å²) in [5.41, 5.74) is 3.30. The second kappa shape index (κ2) is 13.7. The number of rotatable bonds is 10. The first-order valence-electron chi connectivity index (χ1n) is 15.0. The first-order valence-corrected chi connectivity index (χ1v) is 16.0. The molecule has 1 fully saturated rings. The van der Waals surface area contributed by atoms with Gasteiger partial charge in [0.2, 0.25) is 5.91 Å². The number of thioether (sulfide) groups is 1. The third-order valence-electron chi connectivity index (χ3n) is 8.16. The summed E-state index contributed by atoms with van der Waals surface area (Å²) in [5, 5.41) is 19.3. The molecule has 8 nitrogen and oxygen atoms in total. The first-order chi connectivity index (χ1) is 21.5. The number of aliphatic hydroxyl groups excluding tert-OH is 1. The number of aliphatic hydroxyl groups is 1. The highest BCUT2D eigenvalue weighted by atomic mass is 32.2. The molecule has 1 aliphatic heterocycles. The van der Waals surface area contributed by atoms with Crippen molar-refractivity contribution < 1.29 is 24.2 Å². The summed E-state index contributed by atoms with van der Waals surface area (Å²) < 4.78 is 5.21. The van der Waals surface area contributed by atoms with Crippen molar-refractivity contribution in [1.29, 1.82) is 0 Å². The van der Waals surface area contributed by atoms with Crippen LogP contribution in [0.3, 0.4) is 0 Å². The summed E-state index contributed by atoms with van der Waals surface area (Å²) in [6, 6.07) is 26.7. The topological polar surface area (TPSA) is 108 Å². The number of amides is 3. The minimum atomic E-state index is -1.60. The van der Waals surface area contributed by atoms with Gasteiger partial charge in [-0.15, -0.1) is 11.8 Å². The van der Waals surface area contributed by atoms with Gasteiger partial charge < -0.3 is 25.4 Å². The molecule has 0 saturated carbocycles. The molecule has 234 valence electrons. The Morgan fingerprint density at radius 2 is 1.58 bits per heavy atom. The lowest BCUT2D eigenvalue weighted by Crippen LogP contribution is -2.58. The zero-order valence-electron chi connectivity index (χ0n) is 25.9. The number of para-hydroxylation sites is 1. The number of hydrogen-bond acceptors (Lipinski definition) is 6. The predicted octanol–water partition coefficient (Wildman–Crippen LogP) is 5.24. The summed E-state index contributed by atoms with van der Waals surface area (Å²) in [7, 11) is 0. The Balaban J connectivity index is 1.35. The van der Waals surface area contributed by atoms with Gasteiger partial charge >= 0.3 is 0 Å². The third kappa shape index (κ3) is 7.32. The third-order valence-corrected chi connectivity index (χ3v) is 9.53. The second-order valence-corrected chi connectivity index (χ2v) is 13.5. The maximum Gasteiger partial charge on any atom is 0.258 e. The van der Waals surface area contributed by atoms with Gasteiger partial charge in [0.25, 0.3) is 11.8 Å². The van der Waals surface area contributed by atoms with Crippen molar-refractivity contribution in [3.05, 3.63) is 108 Å². The molecule has 1 saturated heterocycles. The monoisotopic (exact) mass is 625 g/mol. The first kappa shape index (κ1) is 32.1. The van der Waals surface area contributed by atoms with Gasteiger partial charge in [0.15, 0.2) is 12.7 Å². The Bertz CT molecular complexity index is 1670. The van der Waals surface area contributed by atoms with Crippen LogP contribution in [0, 0.1) is 13.8 Å². The molecule has 0 aromatic heterocycles. The van der Waals surface area contributed by atoms with E-state index in [0.717, 1.165) is 27.5 Å². The van der Waals surface area contributed by atoms with Gasteiger partial charge in [-0.3, -0.25) is 14.4 Å². The number of carbonyl (C=O) groups excluding carboxylic acids is 3. The number of carbonyl (C=O) groups is 3.